The number of hydrogen-bond acceptors (Lipinski definition) is 2. The summed E-state index contributed by atoms with van der Waals surface area (Å²) in [4.78, 5) is 22.8. The van der Waals surface area contributed by atoms with E-state index in [1.165, 1.54) is 25.7 Å². The normalized spacial score (nSPS) is 35.9. The van der Waals surface area contributed by atoms with Crippen LogP contribution in [0.2, 0.25) is 0 Å². The molecule has 1 N–H and O–H groups in total. The smallest absolute Gasteiger partial charge is 0.230 e. The summed E-state index contributed by atoms with van der Waals surface area (Å²) in [5, 5.41) is 2.43. The van der Waals surface area contributed by atoms with Crippen molar-refractivity contribution in [2.24, 2.45) is 17.8 Å². The Hall–Kier alpha value is -0.860. The van der Waals surface area contributed by atoms with Crippen molar-refractivity contribution in [3.63, 3.8) is 0 Å². The van der Waals surface area contributed by atoms with Gasteiger partial charge in [0.05, 0.1) is 0 Å². The number of hydrogen-bond donors (Lipinski definition) is 1. The van der Waals surface area contributed by atoms with Gasteiger partial charge in [-0.1, -0.05) is 32.6 Å². The zero-order valence-corrected chi connectivity index (χ0v) is 10.00. The van der Waals surface area contributed by atoms with Gasteiger partial charge in [0.25, 0.3) is 0 Å². The molecular formula is C13H21NO2. The first-order valence-corrected chi connectivity index (χ1v) is 6.54. The minimum Gasteiger partial charge on any atom is -0.296 e. The highest BCUT2D eigenvalue weighted by Gasteiger charge is 2.37. The predicted molar refractivity (Wildman–Crippen MR) is 61.6 cm³/mol. The molecule has 90 valence electrons. The molecule has 0 aromatic heterocycles. The molecule has 0 aromatic carbocycles. The van der Waals surface area contributed by atoms with Gasteiger partial charge in [-0.25, -0.2) is 0 Å². The van der Waals surface area contributed by atoms with E-state index in [1.807, 2.05) is 0 Å². The summed E-state index contributed by atoms with van der Waals surface area (Å²) in [6, 6.07) is 0. The second-order valence-corrected chi connectivity index (χ2v) is 5.27. The summed E-state index contributed by atoms with van der Waals surface area (Å²) in [7, 11) is 0. The summed E-state index contributed by atoms with van der Waals surface area (Å²) < 4.78 is 0. The molecule has 0 aromatic rings. The first-order valence-electron chi connectivity index (χ1n) is 6.54. The van der Waals surface area contributed by atoms with Crippen LogP contribution in [-0.2, 0) is 9.59 Å². The van der Waals surface area contributed by atoms with Crippen molar-refractivity contribution in [1.82, 2.24) is 5.32 Å². The predicted octanol–water partition coefficient (Wildman–Crippen LogP) is 2.26. The fourth-order valence-corrected chi connectivity index (χ4v) is 3.17. The lowest BCUT2D eigenvalue weighted by molar-refractivity contribution is -0.126. The molecule has 1 heterocycles. The van der Waals surface area contributed by atoms with E-state index < -0.39 is 0 Å². The van der Waals surface area contributed by atoms with Crippen molar-refractivity contribution in [3.05, 3.63) is 0 Å². The van der Waals surface area contributed by atoms with Gasteiger partial charge in [0, 0.05) is 12.3 Å². The fourth-order valence-electron chi connectivity index (χ4n) is 3.17. The van der Waals surface area contributed by atoms with Crippen LogP contribution >= 0.6 is 0 Å². The third-order valence-corrected chi connectivity index (χ3v) is 4.28. The van der Waals surface area contributed by atoms with Crippen molar-refractivity contribution in [2.45, 2.75) is 51.9 Å². The lowest BCUT2D eigenvalue weighted by Gasteiger charge is -2.18. The number of nitrogens with one attached hydrogen (secondary N) is 1. The molecule has 3 atom stereocenters. The Bertz CT molecular complexity index is 288. The Kier molecular flexibility index (Phi) is 3.62. The molecular weight excluding hydrogens is 202 g/mol. The molecule has 1 saturated heterocycles. The van der Waals surface area contributed by atoms with Crippen LogP contribution in [0.4, 0.5) is 0 Å². The van der Waals surface area contributed by atoms with E-state index in [0.29, 0.717) is 12.3 Å². The topological polar surface area (TPSA) is 46.2 Å². The average Bonchev–Trinajstić information content (AvgIpc) is 2.51. The molecule has 3 nitrogen and oxygen atoms in total. The van der Waals surface area contributed by atoms with Crippen molar-refractivity contribution in [1.29, 1.82) is 0 Å². The van der Waals surface area contributed by atoms with Crippen molar-refractivity contribution < 1.29 is 9.59 Å². The molecule has 0 bridgehead atoms. The second-order valence-electron chi connectivity index (χ2n) is 5.27. The van der Waals surface area contributed by atoms with Crippen molar-refractivity contribution >= 4 is 11.8 Å². The largest absolute Gasteiger partial charge is 0.296 e. The first-order chi connectivity index (χ1) is 7.70. The Morgan fingerprint density at radius 1 is 1.19 bits per heavy atom. The molecule has 2 aliphatic rings. The number of amides is 2. The molecule has 3 heteroatoms. The maximum atomic E-state index is 11.6. The van der Waals surface area contributed by atoms with Crippen LogP contribution in [0.25, 0.3) is 0 Å². The third kappa shape index (κ3) is 2.45. The number of carbonyl (C=O) groups is 2. The number of imide groups is 1. The van der Waals surface area contributed by atoms with E-state index >= 15 is 0 Å². The second kappa shape index (κ2) is 4.98. The maximum Gasteiger partial charge on any atom is 0.230 e. The quantitative estimate of drug-likeness (QED) is 0.576. The molecule has 2 rings (SSSR count). The van der Waals surface area contributed by atoms with Gasteiger partial charge in [-0.15, -0.1) is 0 Å². The molecule has 1 aliphatic carbocycles. The van der Waals surface area contributed by atoms with Crippen LogP contribution in [0.1, 0.15) is 51.9 Å². The molecule has 16 heavy (non-hydrogen) atoms. The number of carbonyl (C=O) groups excluding carboxylic acids is 2. The van der Waals surface area contributed by atoms with Gasteiger partial charge in [0.2, 0.25) is 11.8 Å². The average molecular weight is 223 g/mol. The third-order valence-electron chi connectivity index (χ3n) is 4.28. The van der Waals surface area contributed by atoms with Gasteiger partial charge >= 0.3 is 0 Å². The Balaban J connectivity index is 1.94. The van der Waals surface area contributed by atoms with E-state index in [9.17, 15) is 9.59 Å². The van der Waals surface area contributed by atoms with E-state index in [2.05, 4.69) is 12.2 Å². The summed E-state index contributed by atoms with van der Waals surface area (Å²) in [5.41, 5.74) is 0. The van der Waals surface area contributed by atoms with Crippen LogP contribution in [0.15, 0.2) is 0 Å². The van der Waals surface area contributed by atoms with Crippen LogP contribution in [-0.4, -0.2) is 11.8 Å². The first kappa shape index (κ1) is 11.6. The van der Waals surface area contributed by atoms with E-state index in [0.717, 1.165) is 18.8 Å². The van der Waals surface area contributed by atoms with Gasteiger partial charge in [-0.05, 0) is 24.7 Å². The monoisotopic (exact) mass is 223 g/mol. The van der Waals surface area contributed by atoms with Gasteiger partial charge in [0.15, 0.2) is 0 Å². The highest BCUT2D eigenvalue weighted by molar-refractivity contribution is 6.03. The van der Waals surface area contributed by atoms with Crippen molar-refractivity contribution in [2.75, 3.05) is 0 Å². The zero-order valence-electron chi connectivity index (χ0n) is 10.00. The van der Waals surface area contributed by atoms with E-state index in [1.54, 1.807) is 0 Å². The molecule has 1 saturated carbocycles. The Morgan fingerprint density at radius 2 is 2.00 bits per heavy atom. The van der Waals surface area contributed by atoms with Crippen LogP contribution in [0.3, 0.4) is 0 Å². The summed E-state index contributed by atoms with van der Waals surface area (Å²) in [5.74, 6) is 1.16. The summed E-state index contributed by atoms with van der Waals surface area (Å²) in [6.45, 7) is 2.25. The van der Waals surface area contributed by atoms with E-state index in [4.69, 9.17) is 0 Å². The Morgan fingerprint density at radius 3 is 2.62 bits per heavy atom. The van der Waals surface area contributed by atoms with Crippen molar-refractivity contribution in [3.8, 4) is 0 Å². The molecule has 3 unspecified atom stereocenters. The lowest BCUT2D eigenvalue weighted by Crippen LogP contribution is -2.26. The molecule has 2 fully saturated rings. The van der Waals surface area contributed by atoms with Gasteiger partial charge in [0.1, 0.15) is 0 Å². The zero-order chi connectivity index (χ0) is 11.5. The van der Waals surface area contributed by atoms with Crippen LogP contribution in [0.5, 0.6) is 0 Å². The molecule has 0 radical (unpaired) electrons. The summed E-state index contributed by atoms with van der Waals surface area (Å²) in [6.07, 6.45) is 7.70. The maximum absolute atomic E-state index is 11.6. The minimum atomic E-state index is -0.0775. The number of rotatable bonds is 2. The van der Waals surface area contributed by atoms with Crippen LogP contribution < -0.4 is 5.32 Å². The molecule has 1 aliphatic heterocycles. The molecule has 2 amide bonds. The Labute approximate surface area is 97.0 Å². The summed E-state index contributed by atoms with van der Waals surface area (Å²) >= 11 is 0. The highest BCUT2D eigenvalue weighted by Crippen LogP contribution is 2.35. The molecule has 0 spiro atoms. The highest BCUT2D eigenvalue weighted by atomic mass is 16.2. The van der Waals surface area contributed by atoms with Gasteiger partial charge in [-0.3, -0.25) is 14.9 Å². The fraction of sp³-hybridized carbons (Fsp3) is 0.846. The van der Waals surface area contributed by atoms with Crippen LogP contribution in [0, 0.1) is 17.8 Å². The van der Waals surface area contributed by atoms with E-state index in [-0.39, 0.29) is 17.7 Å². The SMILES string of the molecule is CCC1CCCC(C2CC(=O)NC2=O)CC1. The van der Waals surface area contributed by atoms with Gasteiger partial charge in [-0.2, -0.15) is 0 Å². The standard InChI is InChI=1S/C13H21NO2/c1-2-9-4-3-5-10(7-6-9)11-8-12(15)14-13(11)16/h9-11H,2-8H2,1H3,(H,14,15,16). The lowest BCUT2D eigenvalue weighted by atomic mass is 9.84. The van der Waals surface area contributed by atoms with Gasteiger partial charge < -0.3 is 0 Å². The minimum absolute atomic E-state index is 0.0232.